The molecule has 1 aliphatic heterocycles. The summed E-state index contributed by atoms with van der Waals surface area (Å²) < 4.78 is 17.4. The highest BCUT2D eigenvalue weighted by molar-refractivity contribution is 9.10. The van der Waals surface area contributed by atoms with Gasteiger partial charge in [0.1, 0.15) is 0 Å². The van der Waals surface area contributed by atoms with E-state index in [1.54, 1.807) is 18.2 Å². The number of nitrogens with zero attached hydrogens (tertiary/aromatic N) is 1. The van der Waals surface area contributed by atoms with Crippen LogP contribution in [0.2, 0.25) is 0 Å². The molecule has 0 atom stereocenters. The Kier molecular flexibility index (Phi) is 7.56. The van der Waals surface area contributed by atoms with Gasteiger partial charge >= 0.3 is 5.97 Å². The fourth-order valence-electron chi connectivity index (χ4n) is 2.55. The molecule has 156 valence electrons. The Hall–Kier alpha value is -1.88. The van der Waals surface area contributed by atoms with Crippen LogP contribution in [0.25, 0.3) is 6.08 Å². The zero-order valence-corrected chi connectivity index (χ0v) is 20.6. The van der Waals surface area contributed by atoms with Crippen molar-refractivity contribution in [3.8, 4) is 11.5 Å². The van der Waals surface area contributed by atoms with Crippen molar-refractivity contribution in [2.75, 3.05) is 25.7 Å². The number of methoxy groups -OCH3 is 2. The Bertz CT molecular complexity index is 1040. The zero-order valence-electron chi connectivity index (χ0n) is 15.8. The summed E-state index contributed by atoms with van der Waals surface area (Å²) in [6, 6.07) is 10.7. The Morgan fingerprint density at radius 1 is 1.17 bits per heavy atom. The molecule has 1 fully saturated rings. The molecule has 3 rings (SSSR count). The van der Waals surface area contributed by atoms with Gasteiger partial charge in [0.15, 0.2) is 22.4 Å². The van der Waals surface area contributed by atoms with E-state index in [-0.39, 0.29) is 12.5 Å². The number of halogens is 2. The first-order chi connectivity index (χ1) is 14.3. The third-order valence-electron chi connectivity index (χ3n) is 4.02. The second kappa shape index (κ2) is 9.95. The molecule has 10 heteroatoms. The van der Waals surface area contributed by atoms with Gasteiger partial charge in [-0.25, -0.2) is 4.79 Å². The lowest BCUT2D eigenvalue weighted by molar-refractivity contribution is -0.142. The van der Waals surface area contributed by atoms with Crippen molar-refractivity contribution in [2.45, 2.75) is 0 Å². The van der Waals surface area contributed by atoms with E-state index in [9.17, 15) is 9.59 Å². The van der Waals surface area contributed by atoms with Gasteiger partial charge in [-0.15, -0.1) is 0 Å². The van der Waals surface area contributed by atoms with E-state index >= 15 is 0 Å². The molecule has 1 heterocycles. The maximum atomic E-state index is 13.0. The molecule has 2 aromatic rings. The summed E-state index contributed by atoms with van der Waals surface area (Å²) in [4.78, 5) is 26.3. The van der Waals surface area contributed by atoms with Crippen LogP contribution < -0.4 is 14.4 Å². The Morgan fingerprint density at radius 3 is 2.50 bits per heavy atom. The number of amides is 1. The van der Waals surface area contributed by atoms with E-state index in [1.807, 2.05) is 24.3 Å². The number of hydrogen-bond donors (Lipinski definition) is 0. The molecule has 0 bridgehead atoms. The molecule has 0 radical (unpaired) electrons. The number of ether oxygens (including phenoxy) is 3. The van der Waals surface area contributed by atoms with Crippen LogP contribution in [0.5, 0.6) is 11.5 Å². The van der Waals surface area contributed by atoms with Crippen LogP contribution in [-0.4, -0.2) is 37.0 Å². The number of anilines is 1. The monoisotopic (exact) mass is 571 g/mol. The molecule has 0 unspecified atom stereocenters. The molecule has 0 aliphatic carbocycles. The molecule has 6 nitrogen and oxygen atoms in total. The van der Waals surface area contributed by atoms with Gasteiger partial charge in [0.25, 0.3) is 5.91 Å². The maximum Gasteiger partial charge on any atom is 0.343 e. The molecule has 30 heavy (non-hydrogen) atoms. The summed E-state index contributed by atoms with van der Waals surface area (Å²) in [6.45, 7) is -0.246. The highest BCUT2D eigenvalue weighted by atomic mass is 79.9. The minimum Gasteiger partial charge on any atom is -0.493 e. The van der Waals surface area contributed by atoms with Crippen molar-refractivity contribution in [1.82, 2.24) is 0 Å². The molecule has 0 spiro atoms. The summed E-state index contributed by atoms with van der Waals surface area (Å²) in [7, 11) is 2.78. The molecule has 0 aromatic heterocycles. The van der Waals surface area contributed by atoms with E-state index in [1.165, 1.54) is 30.9 Å². The molecular weight excluding hydrogens is 558 g/mol. The quantitative estimate of drug-likeness (QED) is 0.268. The summed E-state index contributed by atoms with van der Waals surface area (Å²) in [5.74, 6) is 0.0733. The minimum absolute atomic E-state index is 0.204. The van der Waals surface area contributed by atoms with Crippen molar-refractivity contribution in [2.24, 2.45) is 0 Å². The first-order valence-electron chi connectivity index (χ1n) is 8.44. The van der Waals surface area contributed by atoms with Crippen LogP contribution in [0.4, 0.5) is 5.69 Å². The van der Waals surface area contributed by atoms with Gasteiger partial charge in [0, 0.05) is 8.95 Å². The van der Waals surface area contributed by atoms with Gasteiger partial charge < -0.3 is 14.2 Å². The van der Waals surface area contributed by atoms with Gasteiger partial charge in [0.05, 0.1) is 24.8 Å². The lowest BCUT2D eigenvalue weighted by atomic mass is 10.1. The van der Waals surface area contributed by atoms with Crippen molar-refractivity contribution < 1.29 is 23.8 Å². The largest absolute Gasteiger partial charge is 0.493 e. The number of thioether (sulfide) groups is 1. The van der Waals surface area contributed by atoms with E-state index in [0.717, 1.165) is 4.47 Å². The van der Waals surface area contributed by atoms with Crippen molar-refractivity contribution in [3.05, 3.63) is 55.8 Å². The highest BCUT2D eigenvalue weighted by Gasteiger charge is 2.33. The second-order valence-electron chi connectivity index (χ2n) is 5.88. The summed E-state index contributed by atoms with van der Waals surface area (Å²) in [5.41, 5.74) is 1.40. The highest BCUT2D eigenvalue weighted by Crippen LogP contribution is 2.39. The van der Waals surface area contributed by atoms with Crippen molar-refractivity contribution in [1.29, 1.82) is 0 Å². The topological polar surface area (TPSA) is 65.1 Å². The van der Waals surface area contributed by atoms with E-state index in [0.29, 0.717) is 36.4 Å². The number of thiocarbonyl (C=S) groups is 1. The van der Waals surface area contributed by atoms with Gasteiger partial charge in [-0.1, -0.05) is 55.8 Å². The Morgan fingerprint density at radius 2 is 1.87 bits per heavy atom. The van der Waals surface area contributed by atoms with Crippen LogP contribution in [0.15, 0.2) is 50.2 Å². The number of hydrogen-bond acceptors (Lipinski definition) is 7. The van der Waals surface area contributed by atoms with Crippen LogP contribution in [0.1, 0.15) is 5.56 Å². The molecule has 1 saturated heterocycles. The van der Waals surface area contributed by atoms with Gasteiger partial charge in [-0.2, -0.15) is 0 Å². The fraction of sp³-hybridized carbons (Fsp3) is 0.150. The van der Waals surface area contributed by atoms with Crippen LogP contribution >= 0.6 is 55.8 Å². The first kappa shape index (κ1) is 22.8. The normalized spacial score (nSPS) is 14.9. The van der Waals surface area contributed by atoms with Gasteiger partial charge in [-0.05, 0) is 48.0 Å². The van der Waals surface area contributed by atoms with Gasteiger partial charge in [0.2, 0.25) is 0 Å². The summed E-state index contributed by atoms with van der Waals surface area (Å²) in [6.07, 6.45) is 1.73. The summed E-state index contributed by atoms with van der Waals surface area (Å²) in [5, 5.41) is 0. The molecule has 0 N–H and O–H groups in total. The third kappa shape index (κ3) is 5.05. The smallest absolute Gasteiger partial charge is 0.343 e. The minimum atomic E-state index is -0.506. The third-order valence-corrected chi connectivity index (χ3v) is 6.54. The zero-order chi connectivity index (χ0) is 21.8. The van der Waals surface area contributed by atoms with E-state index in [4.69, 9.17) is 21.7 Å². The average Bonchev–Trinajstić information content (AvgIpc) is 3.01. The predicted octanol–water partition coefficient (Wildman–Crippen LogP) is 5.18. The molecule has 1 amide bonds. The van der Waals surface area contributed by atoms with E-state index < -0.39 is 5.97 Å². The first-order valence-corrected chi connectivity index (χ1v) is 11.3. The molecule has 1 aliphatic rings. The number of esters is 1. The van der Waals surface area contributed by atoms with Crippen LogP contribution in [0, 0.1) is 0 Å². The van der Waals surface area contributed by atoms with Crippen LogP contribution in [0.3, 0.4) is 0 Å². The average molecular weight is 573 g/mol. The lowest BCUT2D eigenvalue weighted by Gasteiger charge is -2.14. The van der Waals surface area contributed by atoms with Crippen LogP contribution in [-0.2, 0) is 14.3 Å². The number of carbonyl (C=O) groups is 2. The van der Waals surface area contributed by atoms with Gasteiger partial charge in [-0.3, -0.25) is 9.69 Å². The molecule has 0 saturated carbocycles. The predicted molar refractivity (Wildman–Crippen MR) is 128 cm³/mol. The number of benzene rings is 2. The summed E-state index contributed by atoms with van der Waals surface area (Å²) >= 11 is 13.5. The van der Waals surface area contributed by atoms with Crippen molar-refractivity contribution >= 4 is 83.8 Å². The number of rotatable bonds is 6. The standard InChI is InChI=1S/C20H15Br2NO5S2/c1-26-15-7-11(14(22)9-16(15)28-10-18(24)27-2)8-17-19(25)23(20(29)30-17)13-5-3-12(21)4-6-13/h3-9H,10H2,1-2H3/b17-8+. The molecule has 2 aromatic carbocycles. The SMILES string of the molecule is COC(=O)COc1cc(Br)c(/C=C2/SC(=S)N(c3ccc(Br)cc3)C2=O)cc1OC. The number of carbonyl (C=O) groups excluding carboxylic acids is 2. The molecular formula is C20H15Br2NO5S2. The second-order valence-corrected chi connectivity index (χ2v) is 9.33. The van der Waals surface area contributed by atoms with Crippen molar-refractivity contribution in [3.63, 3.8) is 0 Å². The Labute approximate surface area is 199 Å². The Balaban J connectivity index is 1.89. The fourth-order valence-corrected chi connectivity index (χ4v) is 4.54. The maximum absolute atomic E-state index is 13.0. The lowest BCUT2D eigenvalue weighted by Crippen LogP contribution is -2.27. The van der Waals surface area contributed by atoms with E-state index in [2.05, 4.69) is 36.6 Å².